The summed E-state index contributed by atoms with van der Waals surface area (Å²) in [5.74, 6) is -1.12. The molecule has 1 aliphatic heterocycles. The Morgan fingerprint density at radius 2 is 2.00 bits per heavy atom. The zero-order valence-electron chi connectivity index (χ0n) is 16.6. The molecule has 1 amide bonds. The van der Waals surface area contributed by atoms with Gasteiger partial charge in [-0.25, -0.2) is 4.39 Å². The van der Waals surface area contributed by atoms with Gasteiger partial charge in [-0.15, -0.1) is 0 Å². The van der Waals surface area contributed by atoms with Gasteiger partial charge in [0, 0.05) is 24.2 Å². The molecule has 0 saturated carbocycles. The second kappa shape index (κ2) is 8.06. The van der Waals surface area contributed by atoms with Gasteiger partial charge in [-0.05, 0) is 55.3 Å². The van der Waals surface area contributed by atoms with Gasteiger partial charge in [-0.1, -0.05) is 17.3 Å². The number of aromatic nitrogens is 2. The van der Waals surface area contributed by atoms with Crippen LogP contribution in [0.2, 0.25) is 0 Å². The molecule has 0 unspecified atom stereocenters. The summed E-state index contributed by atoms with van der Waals surface area (Å²) in [4.78, 5) is 30.7. The SMILES string of the molecule is Cc1cccc(N2C[C@H](C(=O)OCc3nc(-c4ccc(F)cc4)no3)CC2=O)c1C. The van der Waals surface area contributed by atoms with E-state index in [1.54, 1.807) is 4.90 Å². The number of halogens is 1. The first-order valence-electron chi connectivity index (χ1n) is 9.54. The molecule has 0 bridgehead atoms. The maximum atomic E-state index is 13.0. The fraction of sp³-hybridized carbons (Fsp3) is 0.273. The molecular formula is C22H20FN3O4. The third-order valence-corrected chi connectivity index (χ3v) is 5.23. The molecule has 4 rings (SSSR count). The highest BCUT2D eigenvalue weighted by molar-refractivity contribution is 6.00. The van der Waals surface area contributed by atoms with Crippen LogP contribution in [0.1, 0.15) is 23.4 Å². The highest BCUT2D eigenvalue weighted by atomic mass is 19.1. The molecule has 7 nitrogen and oxygen atoms in total. The van der Waals surface area contributed by atoms with Crippen molar-refractivity contribution in [1.29, 1.82) is 0 Å². The Morgan fingerprint density at radius 3 is 2.77 bits per heavy atom. The van der Waals surface area contributed by atoms with Crippen molar-refractivity contribution in [3.63, 3.8) is 0 Å². The van der Waals surface area contributed by atoms with E-state index < -0.39 is 11.9 Å². The number of benzene rings is 2. The number of amides is 1. The van der Waals surface area contributed by atoms with Crippen molar-refractivity contribution in [1.82, 2.24) is 10.1 Å². The summed E-state index contributed by atoms with van der Waals surface area (Å²) >= 11 is 0. The number of anilines is 1. The van der Waals surface area contributed by atoms with E-state index in [2.05, 4.69) is 10.1 Å². The van der Waals surface area contributed by atoms with Crippen LogP contribution in [0.25, 0.3) is 11.4 Å². The van der Waals surface area contributed by atoms with Crippen LogP contribution in [0.5, 0.6) is 0 Å². The van der Waals surface area contributed by atoms with Gasteiger partial charge in [0.25, 0.3) is 5.89 Å². The fourth-order valence-corrected chi connectivity index (χ4v) is 3.41. The molecule has 8 heteroatoms. The lowest BCUT2D eigenvalue weighted by Gasteiger charge is -2.20. The maximum absolute atomic E-state index is 13.0. The van der Waals surface area contributed by atoms with Gasteiger partial charge in [-0.3, -0.25) is 9.59 Å². The second-order valence-corrected chi connectivity index (χ2v) is 7.25. The molecule has 0 radical (unpaired) electrons. The third-order valence-electron chi connectivity index (χ3n) is 5.23. The lowest BCUT2D eigenvalue weighted by atomic mass is 10.1. The summed E-state index contributed by atoms with van der Waals surface area (Å²) in [5.41, 5.74) is 3.50. The molecular weight excluding hydrogens is 389 g/mol. The van der Waals surface area contributed by atoms with Crippen molar-refractivity contribution in [2.24, 2.45) is 5.92 Å². The van der Waals surface area contributed by atoms with E-state index in [4.69, 9.17) is 9.26 Å². The van der Waals surface area contributed by atoms with Gasteiger partial charge in [0.2, 0.25) is 11.7 Å². The molecule has 1 saturated heterocycles. The molecule has 1 atom stereocenters. The van der Waals surface area contributed by atoms with Crippen molar-refractivity contribution >= 4 is 17.6 Å². The van der Waals surface area contributed by atoms with Crippen LogP contribution < -0.4 is 4.90 Å². The summed E-state index contributed by atoms with van der Waals surface area (Å²) in [6, 6.07) is 11.4. The topological polar surface area (TPSA) is 85.5 Å². The number of rotatable bonds is 5. The van der Waals surface area contributed by atoms with Gasteiger partial charge in [0.15, 0.2) is 6.61 Å². The highest BCUT2D eigenvalue weighted by Crippen LogP contribution is 2.30. The minimum Gasteiger partial charge on any atom is -0.455 e. The lowest BCUT2D eigenvalue weighted by Crippen LogP contribution is -2.27. The highest BCUT2D eigenvalue weighted by Gasteiger charge is 2.37. The van der Waals surface area contributed by atoms with E-state index in [-0.39, 0.29) is 43.0 Å². The van der Waals surface area contributed by atoms with E-state index in [0.717, 1.165) is 16.8 Å². The Kier molecular flexibility index (Phi) is 5.31. The summed E-state index contributed by atoms with van der Waals surface area (Å²) in [6.07, 6.45) is 0.0941. The zero-order valence-corrected chi connectivity index (χ0v) is 16.6. The van der Waals surface area contributed by atoms with E-state index in [0.29, 0.717) is 5.56 Å². The molecule has 1 aliphatic rings. The smallest absolute Gasteiger partial charge is 0.311 e. The number of esters is 1. The lowest BCUT2D eigenvalue weighted by molar-refractivity contribution is -0.150. The summed E-state index contributed by atoms with van der Waals surface area (Å²) in [6.45, 7) is 4.02. The predicted molar refractivity (Wildman–Crippen MR) is 106 cm³/mol. The molecule has 3 aromatic rings. The first-order valence-corrected chi connectivity index (χ1v) is 9.54. The average molecular weight is 409 g/mol. The molecule has 2 heterocycles. The van der Waals surface area contributed by atoms with Gasteiger partial charge in [-0.2, -0.15) is 4.98 Å². The summed E-state index contributed by atoms with van der Waals surface area (Å²) < 4.78 is 23.4. The quantitative estimate of drug-likeness (QED) is 0.599. The van der Waals surface area contributed by atoms with Crippen LogP contribution >= 0.6 is 0 Å². The number of nitrogens with zero attached hydrogens (tertiary/aromatic N) is 3. The van der Waals surface area contributed by atoms with Crippen LogP contribution in [-0.4, -0.2) is 28.6 Å². The molecule has 0 N–H and O–H groups in total. The van der Waals surface area contributed by atoms with E-state index in [1.807, 2.05) is 32.0 Å². The first kappa shape index (κ1) is 19.8. The number of carbonyl (C=O) groups is 2. The van der Waals surface area contributed by atoms with Gasteiger partial charge in [0.05, 0.1) is 5.92 Å². The summed E-state index contributed by atoms with van der Waals surface area (Å²) in [5, 5.41) is 3.81. The normalized spacial score (nSPS) is 16.2. The minimum absolute atomic E-state index is 0.0941. The molecule has 1 fully saturated rings. The Hall–Kier alpha value is -3.55. The molecule has 0 aliphatic carbocycles. The Labute approximate surface area is 172 Å². The number of carbonyl (C=O) groups excluding carboxylic acids is 2. The summed E-state index contributed by atoms with van der Waals surface area (Å²) in [7, 11) is 0. The van der Waals surface area contributed by atoms with Crippen LogP contribution in [0.3, 0.4) is 0 Å². The number of ether oxygens (including phenoxy) is 1. The standard InChI is InChI=1S/C22H20FN3O4/c1-13-4-3-5-18(14(13)2)26-11-16(10-20(26)27)22(28)29-12-19-24-21(25-30-19)15-6-8-17(23)9-7-15/h3-9,16H,10-12H2,1-2H3/t16-/m1/s1. The van der Waals surface area contributed by atoms with Crippen LogP contribution in [0.4, 0.5) is 10.1 Å². The van der Waals surface area contributed by atoms with Gasteiger partial charge < -0.3 is 14.2 Å². The van der Waals surface area contributed by atoms with Crippen LogP contribution in [0, 0.1) is 25.6 Å². The van der Waals surface area contributed by atoms with Crippen molar-refractivity contribution < 1.29 is 23.2 Å². The van der Waals surface area contributed by atoms with Crippen molar-refractivity contribution in [3.8, 4) is 11.4 Å². The number of hydrogen-bond acceptors (Lipinski definition) is 6. The zero-order chi connectivity index (χ0) is 21.3. The molecule has 2 aromatic carbocycles. The molecule has 0 spiro atoms. The number of hydrogen-bond donors (Lipinski definition) is 0. The van der Waals surface area contributed by atoms with Gasteiger partial charge >= 0.3 is 5.97 Å². The third kappa shape index (κ3) is 3.94. The van der Waals surface area contributed by atoms with Crippen molar-refractivity contribution in [3.05, 3.63) is 65.3 Å². The first-order chi connectivity index (χ1) is 14.4. The fourth-order valence-electron chi connectivity index (χ4n) is 3.41. The maximum Gasteiger partial charge on any atom is 0.311 e. The molecule has 30 heavy (non-hydrogen) atoms. The van der Waals surface area contributed by atoms with E-state index in [1.165, 1.54) is 24.3 Å². The largest absolute Gasteiger partial charge is 0.455 e. The average Bonchev–Trinajstić information content (AvgIpc) is 3.36. The minimum atomic E-state index is -0.558. The second-order valence-electron chi connectivity index (χ2n) is 7.25. The number of aryl methyl sites for hydroxylation is 1. The van der Waals surface area contributed by atoms with Crippen LogP contribution in [-0.2, 0) is 20.9 Å². The Balaban J connectivity index is 1.37. The monoisotopic (exact) mass is 409 g/mol. The Morgan fingerprint density at radius 1 is 1.23 bits per heavy atom. The molecule has 1 aromatic heterocycles. The Bertz CT molecular complexity index is 1090. The van der Waals surface area contributed by atoms with Crippen molar-refractivity contribution in [2.75, 3.05) is 11.4 Å². The van der Waals surface area contributed by atoms with Gasteiger partial charge in [0.1, 0.15) is 5.82 Å². The van der Waals surface area contributed by atoms with E-state index in [9.17, 15) is 14.0 Å². The van der Waals surface area contributed by atoms with E-state index >= 15 is 0 Å². The predicted octanol–water partition coefficient (Wildman–Crippen LogP) is 3.59. The van der Waals surface area contributed by atoms with Crippen LogP contribution in [0.15, 0.2) is 47.0 Å². The van der Waals surface area contributed by atoms with Crippen molar-refractivity contribution in [2.45, 2.75) is 26.9 Å². The molecule has 154 valence electrons.